The van der Waals surface area contributed by atoms with Gasteiger partial charge in [-0.2, -0.15) is 0 Å². The molecule has 0 heterocycles. The summed E-state index contributed by atoms with van der Waals surface area (Å²) in [5.41, 5.74) is 1.97. The van der Waals surface area contributed by atoms with Gasteiger partial charge in [-0.1, -0.05) is 66.2 Å². The molecule has 0 unspecified atom stereocenters. The molecule has 2 rings (SSSR count). The summed E-state index contributed by atoms with van der Waals surface area (Å²) in [5, 5.41) is 2.17. The van der Waals surface area contributed by atoms with Gasteiger partial charge >= 0.3 is 0 Å². The van der Waals surface area contributed by atoms with E-state index in [1.807, 2.05) is 12.1 Å². The maximum Gasteiger partial charge on any atom is 0.0887 e. The van der Waals surface area contributed by atoms with Gasteiger partial charge in [-0.3, -0.25) is 0 Å². The Morgan fingerprint density at radius 3 is 2.19 bits per heavy atom. The van der Waals surface area contributed by atoms with Crippen LogP contribution in [-0.4, -0.2) is 9.52 Å². The zero-order chi connectivity index (χ0) is 11.4. The average molecular weight is 245 g/mol. The third kappa shape index (κ3) is 2.97. The zero-order valence-electron chi connectivity index (χ0n) is 9.15. The highest BCUT2D eigenvalue weighted by Crippen LogP contribution is 2.13. The molecule has 0 aromatic heterocycles. The van der Waals surface area contributed by atoms with E-state index in [1.165, 1.54) is 10.8 Å². The second-order valence-corrected chi connectivity index (χ2v) is 5.95. The maximum absolute atomic E-state index is 5.87. The molecule has 2 heteroatoms. The molecule has 2 aromatic rings. The Bertz CT molecular complexity index is 436. The van der Waals surface area contributed by atoms with Gasteiger partial charge in [0.1, 0.15) is 0 Å². The van der Waals surface area contributed by atoms with Crippen LogP contribution >= 0.6 is 11.6 Å². The fraction of sp³-hybridized carbons (Fsp3) is 0.143. The van der Waals surface area contributed by atoms with Crippen LogP contribution in [-0.2, 0) is 0 Å². The van der Waals surface area contributed by atoms with Gasteiger partial charge in [-0.05, 0) is 23.2 Å². The summed E-state index contributed by atoms with van der Waals surface area (Å²) >= 11 is 5.87. The molecule has 0 saturated carbocycles. The minimum Gasteiger partial charge on any atom is -0.0843 e. The quantitative estimate of drug-likeness (QED) is 0.726. The lowest BCUT2D eigenvalue weighted by molar-refractivity contribution is 1.07. The number of benzene rings is 2. The Morgan fingerprint density at radius 1 is 0.938 bits per heavy atom. The van der Waals surface area contributed by atoms with Crippen molar-refractivity contribution in [1.29, 1.82) is 0 Å². The zero-order valence-corrected chi connectivity index (χ0v) is 10.9. The molecular weight excluding hydrogens is 232 g/mol. The van der Waals surface area contributed by atoms with Gasteiger partial charge < -0.3 is 0 Å². The Labute approximate surface area is 104 Å². The van der Waals surface area contributed by atoms with Crippen molar-refractivity contribution in [3.63, 3.8) is 0 Å². The van der Waals surface area contributed by atoms with Gasteiger partial charge in [0.2, 0.25) is 0 Å². The Balaban J connectivity index is 2.08. The molecule has 0 amide bonds. The molecule has 0 saturated heterocycles. The van der Waals surface area contributed by atoms with Gasteiger partial charge in [0.15, 0.2) is 0 Å². The first-order valence-electron chi connectivity index (χ1n) is 5.33. The second-order valence-electron chi connectivity index (χ2n) is 3.78. The van der Waals surface area contributed by atoms with Crippen molar-refractivity contribution in [3.8, 4) is 0 Å². The molecule has 1 atom stereocenters. The molecule has 0 aliphatic heterocycles. The largest absolute Gasteiger partial charge is 0.0887 e. The third-order valence-corrected chi connectivity index (χ3v) is 4.21. The lowest BCUT2D eigenvalue weighted by atomic mass is 10.2. The fourth-order valence-electron chi connectivity index (χ4n) is 1.62. The molecular formula is C14H13ClSi. The average Bonchev–Trinajstić information content (AvgIpc) is 2.33. The number of halogens is 1. The van der Waals surface area contributed by atoms with Gasteiger partial charge in [-0.25, -0.2) is 0 Å². The molecule has 0 bridgehead atoms. The number of rotatable bonds is 3. The molecule has 80 valence electrons. The van der Waals surface area contributed by atoms with Crippen molar-refractivity contribution in [3.05, 3.63) is 65.2 Å². The predicted molar refractivity (Wildman–Crippen MR) is 71.7 cm³/mol. The van der Waals surface area contributed by atoms with Crippen molar-refractivity contribution < 1.29 is 0 Å². The van der Waals surface area contributed by atoms with E-state index in [4.69, 9.17) is 11.6 Å². The topological polar surface area (TPSA) is 0 Å². The predicted octanol–water partition coefficient (Wildman–Crippen LogP) is 3.43. The van der Waals surface area contributed by atoms with E-state index in [0.29, 0.717) is 5.54 Å². The molecule has 0 aliphatic rings. The summed E-state index contributed by atoms with van der Waals surface area (Å²) in [7, 11) is 0.793. The van der Waals surface area contributed by atoms with Crippen molar-refractivity contribution >= 4 is 26.3 Å². The summed E-state index contributed by atoms with van der Waals surface area (Å²) in [6.07, 6.45) is 0. The van der Waals surface area contributed by atoms with Crippen molar-refractivity contribution in [2.24, 2.45) is 0 Å². The fourth-order valence-corrected chi connectivity index (χ4v) is 2.97. The SMILES string of the molecule is C[C@H]([Si]c1ccc(Cl)cc1)c1ccccc1. The van der Waals surface area contributed by atoms with E-state index in [2.05, 4.69) is 49.4 Å². The highest BCUT2D eigenvalue weighted by Gasteiger charge is 2.07. The van der Waals surface area contributed by atoms with E-state index < -0.39 is 0 Å². The molecule has 2 aromatic carbocycles. The van der Waals surface area contributed by atoms with Crippen LogP contribution in [0.5, 0.6) is 0 Å². The Kier molecular flexibility index (Phi) is 3.81. The summed E-state index contributed by atoms with van der Waals surface area (Å²) in [6, 6.07) is 18.8. The highest BCUT2D eigenvalue weighted by atomic mass is 35.5. The van der Waals surface area contributed by atoms with Gasteiger partial charge in [0, 0.05) is 5.02 Å². The van der Waals surface area contributed by atoms with E-state index in [9.17, 15) is 0 Å². The second kappa shape index (κ2) is 5.33. The first-order chi connectivity index (χ1) is 7.75. The van der Waals surface area contributed by atoms with Crippen LogP contribution in [0.3, 0.4) is 0 Å². The first-order valence-corrected chi connectivity index (χ1v) is 6.78. The van der Waals surface area contributed by atoms with Crippen LogP contribution in [0.1, 0.15) is 18.0 Å². The molecule has 0 fully saturated rings. The van der Waals surface area contributed by atoms with Crippen LogP contribution < -0.4 is 5.19 Å². The monoisotopic (exact) mass is 244 g/mol. The lowest BCUT2D eigenvalue weighted by Gasteiger charge is -2.10. The van der Waals surface area contributed by atoms with E-state index in [0.717, 1.165) is 14.5 Å². The van der Waals surface area contributed by atoms with E-state index >= 15 is 0 Å². The molecule has 16 heavy (non-hydrogen) atoms. The van der Waals surface area contributed by atoms with E-state index in [-0.39, 0.29) is 0 Å². The van der Waals surface area contributed by atoms with Crippen molar-refractivity contribution in [2.45, 2.75) is 12.5 Å². The number of hydrogen-bond donors (Lipinski definition) is 0. The molecule has 0 nitrogen and oxygen atoms in total. The standard InChI is InChI=1S/C14H13ClSi/c1-11(12-5-3-2-4-6-12)16-14-9-7-13(15)8-10-14/h2-11H,1H3/t11-/m0/s1. The normalized spacial score (nSPS) is 12.4. The van der Waals surface area contributed by atoms with Gasteiger partial charge in [0.05, 0.1) is 9.52 Å². The van der Waals surface area contributed by atoms with Crippen LogP contribution in [0, 0.1) is 0 Å². The summed E-state index contributed by atoms with van der Waals surface area (Å²) < 4.78 is 0. The highest BCUT2D eigenvalue weighted by molar-refractivity contribution is 6.55. The summed E-state index contributed by atoms with van der Waals surface area (Å²) in [5.74, 6) is 0. The third-order valence-electron chi connectivity index (χ3n) is 2.53. The Hall–Kier alpha value is -1.05. The summed E-state index contributed by atoms with van der Waals surface area (Å²) in [6.45, 7) is 2.27. The van der Waals surface area contributed by atoms with Crippen LogP contribution in [0.15, 0.2) is 54.6 Å². The number of hydrogen-bond acceptors (Lipinski definition) is 0. The smallest absolute Gasteiger partial charge is 0.0843 e. The van der Waals surface area contributed by atoms with Crippen molar-refractivity contribution in [2.75, 3.05) is 0 Å². The Morgan fingerprint density at radius 2 is 1.56 bits per heavy atom. The van der Waals surface area contributed by atoms with Crippen molar-refractivity contribution in [1.82, 2.24) is 0 Å². The minimum absolute atomic E-state index is 0.572. The van der Waals surface area contributed by atoms with Gasteiger partial charge in [0.25, 0.3) is 0 Å². The lowest BCUT2D eigenvalue weighted by Crippen LogP contribution is -2.19. The molecule has 0 spiro atoms. The minimum atomic E-state index is 0.572. The maximum atomic E-state index is 5.87. The molecule has 0 N–H and O–H groups in total. The van der Waals surface area contributed by atoms with Crippen LogP contribution in [0.2, 0.25) is 5.02 Å². The van der Waals surface area contributed by atoms with E-state index in [1.54, 1.807) is 0 Å². The molecule has 0 aliphatic carbocycles. The van der Waals surface area contributed by atoms with Gasteiger partial charge in [-0.15, -0.1) is 0 Å². The molecule has 2 radical (unpaired) electrons. The van der Waals surface area contributed by atoms with Crippen LogP contribution in [0.25, 0.3) is 0 Å². The van der Waals surface area contributed by atoms with Crippen LogP contribution in [0.4, 0.5) is 0 Å². The first kappa shape index (κ1) is 11.4. The summed E-state index contributed by atoms with van der Waals surface area (Å²) in [4.78, 5) is 0.